The van der Waals surface area contributed by atoms with Gasteiger partial charge in [-0.05, 0) is 26.7 Å². The Morgan fingerprint density at radius 2 is 1.95 bits per heavy atom. The molecule has 0 spiro atoms. The zero-order chi connectivity index (χ0) is 16.0. The molecule has 0 aromatic carbocycles. The number of aliphatic carboxylic acids is 1. The fraction of sp³-hybridized carbons (Fsp3) is 0.643. The number of imide groups is 1. The molecule has 1 rings (SSSR count). The van der Waals surface area contributed by atoms with Gasteiger partial charge in [0, 0.05) is 37.3 Å². The van der Waals surface area contributed by atoms with Gasteiger partial charge in [0.2, 0.25) is 0 Å². The first-order valence-corrected chi connectivity index (χ1v) is 6.88. The van der Waals surface area contributed by atoms with E-state index in [1.54, 1.807) is 7.05 Å². The lowest BCUT2D eigenvalue weighted by Gasteiger charge is -2.27. The molecule has 1 fully saturated rings. The first kappa shape index (κ1) is 17.2. The van der Waals surface area contributed by atoms with Crippen LogP contribution in [0.15, 0.2) is 11.1 Å². The molecule has 0 radical (unpaired) electrons. The zero-order valence-electron chi connectivity index (χ0n) is 12.6. The van der Waals surface area contributed by atoms with E-state index in [-0.39, 0.29) is 17.1 Å². The van der Waals surface area contributed by atoms with E-state index >= 15 is 0 Å². The Hall–Kier alpha value is -1.89. The van der Waals surface area contributed by atoms with E-state index in [4.69, 9.17) is 9.84 Å². The molecule has 118 valence electrons. The van der Waals surface area contributed by atoms with Crippen molar-refractivity contribution in [1.29, 1.82) is 0 Å². The van der Waals surface area contributed by atoms with Gasteiger partial charge in [-0.2, -0.15) is 0 Å². The summed E-state index contributed by atoms with van der Waals surface area (Å²) in [5.74, 6) is -1.60. The average Bonchev–Trinajstić information content (AvgIpc) is 2.46. The van der Waals surface area contributed by atoms with E-state index in [1.165, 1.54) is 18.7 Å². The van der Waals surface area contributed by atoms with E-state index < -0.39 is 17.9 Å². The van der Waals surface area contributed by atoms with Crippen molar-refractivity contribution in [2.24, 2.45) is 5.92 Å². The highest BCUT2D eigenvalue weighted by Crippen LogP contribution is 2.14. The third-order valence-corrected chi connectivity index (χ3v) is 3.58. The van der Waals surface area contributed by atoms with Crippen molar-refractivity contribution in [2.45, 2.75) is 26.7 Å². The minimum Gasteiger partial charge on any atom is -0.478 e. The summed E-state index contributed by atoms with van der Waals surface area (Å²) in [6.45, 7) is 4.57. The number of hydrogen-bond donors (Lipinski definition) is 2. The lowest BCUT2D eigenvalue weighted by molar-refractivity contribution is -0.133. The second-order valence-corrected chi connectivity index (χ2v) is 5.28. The second kappa shape index (κ2) is 7.78. The molecule has 0 saturated carbocycles. The van der Waals surface area contributed by atoms with Crippen molar-refractivity contribution in [2.75, 3.05) is 26.8 Å². The van der Waals surface area contributed by atoms with Crippen LogP contribution in [-0.4, -0.2) is 54.7 Å². The van der Waals surface area contributed by atoms with E-state index in [9.17, 15) is 14.4 Å². The van der Waals surface area contributed by atoms with Gasteiger partial charge in [-0.1, -0.05) is 0 Å². The Kier molecular flexibility index (Phi) is 6.36. The molecule has 1 aliphatic rings. The van der Waals surface area contributed by atoms with Crippen LogP contribution in [0.2, 0.25) is 0 Å². The number of ether oxygens (including phenoxy) is 1. The molecule has 21 heavy (non-hydrogen) atoms. The van der Waals surface area contributed by atoms with Crippen LogP contribution in [0.1, 0.15) is 26.7 Å². The largest absolute Gasteiger partial charge is 0.478 e. The van der Waals surface area contributed by atoms with Gasteiger partial charge in [0.15, 0.2) is 0 Å². The lowest BCUT2D eigenvalue weighted by Crippen LogP contribution is -2.44. The minimum absolute atomic E-state index is 0.0187. The number of carbonyl (C=O) groups is 3. The number of carboxylic acids is 1. The van der Waals surface area contributed by atoms with Gasteiger partial charge in [0.25, 0.3) is 5.91 Å². The van der Waals surface area contributed by atoms with Gasteiger partial charge in [-0.15, -0.1) is 0 Å². The summed E-state index contributed by atoms with van der Waals surface area (Å²) >= 11 is 0. The van der Waals surface area contributed by atoms with Crippen LogP contribution < -0.4 is 5.32 Å². The Morgan fingerprint density at radius 1 is 1.29 bits per heavy atom. The zero-order valence-corrected chi connectivity index (χ0v) is 12.6. The molecule has 1 heterocycles. The summed E-state index contributed by atoms with van der Waals surface area (Å²) in [5.41, 5.74) is -0.0612. The predicted molar refractivity (Wildman–Crippen MR) is 75.7 cm³/mol. The maximum absolute atomic E-state index is 11.9. The number of hydrogen-bond acceptors (Lipinski definition) is 4. The Balaban J connectivity index is 2.53. The van der Waals surface area contributed by atoms with Crippen molar-refractivity contribution >= 4 is 17.9 Å². The topological polar surface area (TPSA) is 95.9 Å². The monoisotopic (exact) mass is 298 g/mol. The summed E-state index contributed by atoms with van der Waals surface area (Å²) < 4.78 is 5.34. The quantitative estimate of drug-likeness (QED) is 0.755. The molecule has 1 atom stereocenters. The SMILES string of the molecule is CC(C(=O)O)=C(C)C(=O)NC(=O)N(C)CC1CCCOC1. The summed E-state index contributed by atoms with van der Waals surface area (Å²) in [6.07, 6.45) is 1.96. The van der Waals surface area contributed by atoms with E-state index in [1.807, 2.05) is 0 Å². The maximum atomic E-state index is 11.9. The molecule has 0 aliphatic carbocycles. The summed E-state index contributed by atoms with van der Waals surface area (Å²) in [5, 5.41) is 11.0. The molecule has 7 heteroatoms. The van der Waals surface area contributed by atoms with Crippen LogP contribution in [0, 0.1) is 5.92 Å². The number of carboxylic acid groups (broad SMARTS) is 1. The van der Waals surface area contributed by atoms with Crippen LogP contribution in [0.25, 0.3) is 0 Å². The summed E-state index contributed by atoms with van der Waals surface area (Å²) in [4.78, 5) is 35.9. The second-order valence-electron chi connectivity index (χ2n) is 5.28. The molecule has 1 saturated heterocycles. The number of carbonyl (C=O) groups excluding carboxylic acids is 2. The van der Waals surface area contributed by atoms with Gasteiger partial charge < -0.3 is 14.7 Å². The Morgan fingerprint density at radius 3 is 2.48 bits per heavy atom. The Labute approximate surface area is 123 Å². The molecule has 0 aromatic rings. The van der Waals surface area contributed by atoms with Crippen molar-refractivity contribution < 1.29 is 24.2 Å². The van der Waals surface area contributed by atoms with Crippen molar-refractivity contribution in [3.8, 4) is 0 Å². The van der Waals surface area contributed by atoms with Crippen molar-refractivity contribution in [3.63, 3.8) is 0 Å². The van der Waals surface area contributed by atoms with Crippen LogP contribution in [0.4, 0.5) is 4.79 Å². The molecular weight excluding hydrogens is 276 g/mol. The van der Waals surface area contributed by atoms with E-state index in [2.05, 4.69) is 5.32 Å². The highest BCUT2D eigenvalue weighted by molar-refractivity contribution is 6.07. The molecule has 3 amide bonds. The van der Waals surface area contributed by atoms with Crippen LogP contribution in [-0.2, 0) is 14.3 Å². The first-order chi connectivity index (χ1) is 9.82. The third-order valence-electron chi connectivity index (χ3n) is 3.58. The summed E-state index contributed by atoms with van der Waals surface area (Å²) in [6, 6.07) is -0.539. The number of nitrogens with zero attached hydrogens (tertiary/aromatic N) is 1. The van der Waals surface area contributed by atoms with Gasteiger partial charge in [-0.3, -0.25) is 10.1 Å². The van der Waals surface area contributed by atoms with E-state index in [0.717, 1.165) is 19.4 Å². The number of rotatable bonds is 4. The van der Waals surface area contributed by atoms with Gasteiger partial charge >= 0.3 is 12.0 Å². The fourth-order valence-electron chi connectivity index (χ4n) is 2.04. The number of urea groups is 1. The molecule has 1 aliphatic heterocycles. The lowest BCUT2D eigenvalue weighted by atomic mass is 10.0. The van der Waals surface area contributed by atoms with Crippen LogP contribution in [0.5, 0.6) is 0 Å². The average molecular weight is 298 g/mol. The molecular formula is C14H22N2O5. The Bertz CT molecular complexity index is 452. The number of amides is 3. The maximum Gasteiger partial charge on any atom is 0.331 e. The van der Waals surface area contributed by atoms with Gasteiger partial charge in [-0.25, -0.2) is 9.59 Å². The van der Waals surface area contributed by atoms with Crippen molar-refractivity contribution in [3.05, 3.63) is 11.1 Å². The normalized spacial score (nSPS) is 19.5. The predicted octanol–water partition coefficient (Wildman–Crippen LogP) is 1.00. The minimum atomic E-state index is -1.18. The molecule has 7 nitrogen and oxygen atoms in total. The highest BCUT2D eigenvalue weighted by Gasteiger charge is 2.21. The molecule has 1 unspecified atom stereocenters. The van der Waals surface area contributed by atoms with Crippen LogP contribution >= 0.6 is 0 Å². The van der Waals surface area contributed by atoms with Crippen LogP contribution in [0.3, 0.4) is 0 Å². The number of nitrogens with one attached hydrogen (secondary N) is 1. The fourth-order valence-corrected chi connectivity index (χ4v) is 2.04. The van der Waals surface area contributed by atoms with Gasteiger partial charge in [0.05, 0.1) is 6.61 Å². The summed E-state index contributed by atoms with van der Waals surface area (Å²) in [7, 11) is 1.60. The standard InChI is InChI=1S/C14H22N2O5/c1-9(10(2)13(18)19)12(17)15-14(20)16(3)7-11-5-4-6-21-8-11/h11H,4-8H2,1-3H3,(H,18,19)(H,15,17,20). The van der Waals surface area contributed by atoms with Crippen molar-refractivity contribution in [1.82, 2.24) is 10.2 Å². The molecule has 2 N–H and O–H groups in total. The molecule has 0 aromatic heterocycles. The smallest absolute Gasteiger partial charge is 0.331 e. The van der Waals surface area contributed by atoms with E-state index in [0.29, 0.717) is 13.2 Å². The first-order valence-electron chi connectivity index (χ1n) is 6.88. The third kappa shape index (κ3) is 5.18. The highest BCUT2D eigenvalue weighted by atomic mass is 16.5. The molecule has 0 bridgehead atoms. The van der Waals surface area contributed by atoms with Gasteiger partial charge in [0.1, 0.15) is 0 Å².